The van der Waals surface area contributed by atoms with Gasteiger partial charge in [0.25, 0.3) is 0 Å². The number of aliphatic imine (C=N–C) groups is 1. The largest absolute Gasteiger partial charge is 0.416 e. The Morgan fingerprint density at radius 2 is 1.81 bits per heavy atom. The number of hydrogen-bond acceptors (Lipinski definition) is 4. The van der Waals surface area contributed by atoms with Crippen molar-refractivity contribution in [3.8, 4) is 0 Å². The Morgan fingerprint density at radius 1 is 1.22 bits per heavy atom. The number of sulfone groups is 1. The Balaban J connectivity index is 0.00000676. The Morgan fingerprint density at radius 3 is 2.30 bits per heavy atom. The number of ether oxygens (including phenoxy) is 1. The predicted octanol–water partition coefficient (Wildman–Crippen LogP) is 2.39. The molecule has 0 atom stereocenters. The van der Waals surface area contributed by atoms with E-state index in [0.717, 1.165) is 18.4 Å². The van der Waals surface area contributed by atoms with Crippen LogP contribution in [0, 0.1) is 0 Å². The van der Waals surface area contributed by atoms with Crippen molar-refractivity contribution in [1.29, 1.82) is 0 Å². The number of hydrogen-bond donors (Lipinski definition) is 1. The fraction of sp³-hybridized carbons (Fsp3) is 0.562. The monoisotopic (exact) mass is 523 g/mol. The van der Waals surface area contributed by atoms with E-state index in [1.165, 1.54) is 12.1 Å². The highest BCUT2D eigenvalue weighted by molar-refractivity contribution is 14.0. The van der Waals surface area contributed by atoms with E-state index in [2.05, 4.69) is 10.3 Å². The number of nitrogens with one attached hydrogen (secondary N) is 1. The quantitative estimate of drug-likeness (QED) is 0.245. The zero-order valence-electron chi connectivity index (χ0n) is 15.4. The molecule has 11 heteroatoms. The molecule has 0 aliphatic heterocycles. The third-order valence-corrected chi connectivity index (χ3v) is 4.31. The van der Waals surface area contributed by atoms with Crippen molar-refractivity contribution >= 4 is 39.8 Å². The van der Waals surface area contributed by atoms with Gasteiger partial charge in [-0.05, 0) is 17.7 Å². The molecule has 0 saturated carbocycles. The van der Waals surface area contributed by atoms with Crippen LogP contribution in [0.2, 0.25) is 0 Å². The molecule has 156 valence electrons. The summed E-state index contributed by atoms with van der Waals surface area (Å²) in [5.41, 5.74) is 0.0329. The molecular weight excluding hydrogens is 498 g/mol. The summed E-state index contributed by atoms with van der Waals surface area (Å²) in [5, 5.41) is 3.04. The molecule has 0 radical (unpaired) electrons. The Kier molecular flexibility index (Phi) is 11.2. The lowest BCUT2D eigenvalue weighted by Gasteiger charge is -2.22. The molecule has 0 aliphatic carbocycles. The molecule has 0 heterocycles. The lowest BCUT2D eigenvalue weighted by Crippen LogP contribution is -2.40. The van der Waals surface area contributed by atoms with E-state index in [-0.39, 0.29) is 36.3 Å². The lowest BCUT2D eigenvalue weighted by atomic mass is 10.1. The molecule has 1 aromatic rings. The summed E-state index contributed by atoms with van der Waals surface area (Å²) in [6.07, 6.45) is -3.20. The van der Waals surface area contributed by atoms with Gasteiger partial charge in [-0.2, -0.15) is 13.2 Å². The Bertz CT molecular complexity index is 695. The Hall–Kier alpha value is -1.08. The molecule has 0 unspecified atom stereocenters. The van der Waals surface area contributed by atoms with Gasteiger partial charge in [-0.15, -0.1) is 24.0 Å². The molecule has 27 heavy (non-hydrogen) atoms. The molecule has 6 nitrogen and oxygen atoms in total. The third kappa shape index (κ3) is 10.7. The maximum absolute atomic E-state index is 12.6. The van der Waals surface area contributed by atoms with Crippen molar-refractivity contribution in [3.63, 3.8) is 0 Å². The second-order valence-corrected chi connectivity index (χ2v) is 8.03. The van der Waals surface area contributed by atoms with Gasteiger partial charge in [0.1, 0.15) is 9.84 Å². The topological polar surface area (TPSA) is 71.0 Å². The molecule has 0 fully saturated rings. The van der Waals surface area contributed by atoms with Crippen molar-refractivity contribution in [3.05, 3.63) is 35.4 Å². The van der Waals surface area contributed by atoms with E-state index in [1.54, 1.807) is 19.0 Å². The SMILES string of the molecule is CN=C(NCCOCCS(C)(=O)=O)N(C)Cc1ccc(C(F)(F)F)cc1.I. The average molecular weight is 523 g/mol. The van der Waals surface area contributed by atoms with Crippen LogP contribution in [-0.4, -0.2) is 65.1 Å². The van der Waals surface area contributed by atoms with Crippen molar-refractivity contribution in [2.75, 3.05) is 45.9 Å². The van der Waals surface area contributed by atoms with Crippen LogP contribution in [0.3, 0.4) is 0 Å². The van der Waals surface area contributed by atoms with Crippen LogP contribution >= 0.6 is 24.0 Å². The second-order valence-electron chi connectivity index (χ2n) is 5.77. The van der Waals surface area contributed by atoms with E-state index < -0.39 is 21.6 Å². The van der Waals surface area contributed by atoms with Gasteiger partial charge in [0.2, 0.25) is 0 Å². The van der Waals surface area contributed by atoms with Crippen LogP contribution in [-0.2, 0) is 27.3 Å². The van der Waals surface area contributed by atoms with Crippen LogP contribution < -0.4 is 5.32 Å². The van der Waals surface area contributed by atoms with Gasteiger partial charge in [0, 0.05) is 33.4 Å². The van der Waals surface area contributed by atoms with E-state index in [9.17, 15) is 21.6 Å². The van der Waals surface area contributed by atoms with Gasteiger partial charge in [0.05, 0.1) is 24.5 Å². The molecule has 0 bridgehead atoms. The second kappa shape index (κ2) is 11.7. The van der Waals surface area contributed by atoms with Crippen molar-refractivity contribution in [2.45, 2.75) is 12.7 Å². The predicted molar refractivity (Wildman–Crippen MR) is 110 cm³/mol. The van der Waals surface area contributed by atoms with Crippen molar-refractivity contribution in [2.24, 2.45) is 4.99 Å². The molecule has 1 N–H and O–H groups in total. The smallest absolute Gasteiger partial charge is 0.379 e. The third-order valence-electron chi connectivity index (χ3n) is 3.40. The van der Waals surface area contributed by atoms with Crippen LogP contribution in [0.25, 0.3) is 0 Å². The van der Waals surface area contributed by atoms with E-state index in [4.69, 9.17) is 4.74 Å². The summed E-state index contributed by atoms with van der Waals surface area (Å²) < 4.78 is 64.9. The first-order chi connectivity index (χ1) is 12.0. The van der Waals surface area contributed by atoms with Crippen LogP contribution in [0.1, 0.15) is 11.1 Å². The molecule has 0 saturated heterocycles. The van der Waals surface area contributed by atoms with Gasteiger partial charge >= 0.3 is 6.18 Å². The maximum atomic E-state index is 12.6. The first-order valence-electron chi connectivity index (χ1n) is 7.86. The van der Waals surface area contributed by atoms with E-state index >= 15 is 0 Å². The first-order valence-corrected chi connectivity index (χ1v) is 9.92. The highest BCUT2D eigenvalue weighted by Gasteiger charge is 2.29. The molecule has 0 spiro atoms. The lowest BCUT2D eigenvalue weighted by molar-refractivity contribution is -0.137. The minimum atomic E-state index is -4.35. The number of halogens is 4. The number of rotatable bonds is 8. The number of alkyl halides is 3. The van der Waals surface area contributed by atoms with E-state index in [0.29, 0.717) is 31.2 Å². The molecule has 0 aromatic heterocycles. The molecular formula is C16H25F3IN3O3S. The zero-order valence-corrected chi connectivity index (χ0v) is 18.6. The van der Waals surface area contributed by atoms with Crippen molar-refractivity contribution in [1.82, 2.24) is 10.2 Å². The summed E-state index contributed by atoms with van der Waals surface area (Å²) in [5.74, 6) is 0.520. The maximum Gasteiger partial charge on any atom is 0.416 e. The minimum Gasteiger partial charge on any atom is -0.379 e. The minimum absolute atomic E-state index is 0. The average Bonchev–Trinajstić information content (AvgIpc) is 2.52. The van der Waals surface area contributed by atoms with Crippen LogP contribution in [0.4, 0.5) is 13.2 Å². The van der Waals surface area contributed by atoms with Gasteiger partial charge in [0.15, 0.2) is 5.96 Å². The number of guanidine groups is 1. The summed E-state index contributed by atoms with van der Waals surface area (Å²) in [6.45, 7) is 1.24. The standard InChI is InChI=1S/C16H24F3N3O3S.HI/c1-20-15(21-8-9-25-10-11-26(3,23)24)22(2)12-13-4-6-14(7-5-13)16(17,18)19;/h4-7H,8-12H2,1-3H3,(H,20,21);1H. The summed E-state index contributed by atoms with van der Waals surface area (Å²) in [7, 11) is 0.314. The first kappa shape index (κ1) is 25.9. The molecule has 1 rings (SSSR count). The summed E-state index contributed by atoms with van der Waals surface area (Å²) in [6, 6.07) is 4.96. The van der Waals surface area contributed by atoms with Crippen LogP contribution in [0.15, 0.2) is 29.3 Å². The number of benzene rings is 1. The van der Waals surface area contributed by atoms with Gasteiger partial charge in [-0.25, -0.2) is 8.42 Å². The van der Waals surface area contributed by atoms with E-state index in [1.807, 2.05) is 0 Å². The van der Waals surface area contributed by atoms with Crippen molar-refractivity contribution < 1.29 is 26.3 Å². The summed E-state index contributed by atoms with van der Waals surface area (Å²) in [4.78, 5) is 5.86. The number of nitrogens with zero attached hydrogens (tertiary/aromatic N) is 2. The molecule has 0 aliphatic rings. The Labute approximate surface area is 175 Å². The fourth-order valence-corrected chi connectivity index (χ4v) is 2.50. The highest BCUT2D eigenvalue weighted by atomic mass is 127. The highest BCUT2D eigenvalue weighted by Crippen LogP contribution is 2.29. The van der Waals surface area contributed by atoms with Gasteiger partial charge in [-0.3, -0.25) is 4.99 Å². The fourth-order valence-electron chi connectivity index (χ4n) is 2.08. The van der Waals surface area contributed by atoms with Gasteiger partial charge in [-0.1, -0.05) is 12.1 Å². The summed E-state index contributed by atoms with van der Waals surface area (Å²) >= 11 is 0. The van der Waals surface area contributed by atoms with Gasteiger partial charge < -0.3 is 15.0 Å². The van der Waals surface area contributed by atoms with Crippen LogP contribution in [0.5, 0.6) is 0 Å². The molecule has 1 aromatic carbocycles. The molecule has 0 amide bonds. The normalized spacial score (nSPS) is 12.4. The zero-order chi connectivity index (χ0) is 19.8.